The van der Waals surface area contributed by atoms with E-state index >= 15 is 0 Å². The average molecular weight is 540 g/mol. The molecule has 7 heteroatoms. The maximum atomic E-state index is 14.3. The number of nitrogens with one attached hydrogen (secondary N) is 2. The van der Waals surface area contributed by atoms with E-state index in [1.54, 1.807) is 37.8 Å². The van der Waals surface area contributed by atoms with Gasteiger partial charge in [-0.1, -0.05) is 77.3 Å². The second-order valence-corrected chi connectivity index (χ2v) is 11.8. The van der Waals surface area contributed by atoms with Crippen LogP contribution >= 0.6 is 0 Å². The molecule has 2 rings (SSSR count). The van der Waals surface area contributed by atoms with Gasteiger partial charge in [-0.2, -0.15) is 0 Å². The molecule has 3 amide bonds. The third-order valence-corrected chi connectivity index (χ3v) is 7.34. The third-order valence-electron chi connectivity index (χ3n) is 7.34. The van der Waals surface area contributed by atoms with Crippen molar-refractivity contribution in [1.29, 1.82) is 0 Å². The number of nitrogens with zero attached hydrogens (tertiary/aromatic N) is 1. The molecule has 1 aliphatic carbocycles. The predicted molar refractivity (Wildman–Crippen MR) is 156 cm³/mol. The molecule has 0 aliphatic heterocycles. The zero-order valence-electron chi connectivity index (χ0n) is 24.8. The Morgan fingerprint density at radius 1 is 1.08 bits per heavy atom. The standard InChI is InChI=1S/C32H49N3O4/c1-8-11-15-22-35(30(37)27(23(4)9-2)34-31(38)39-32(5,6)7)28(25-20-18-24(10-3)19-21-25)29(36)33-26-16-13-12-14-17-26/h3,18-21,23,26-28H,8-9,11-17,22H2,1-2,4-7H3,(H,33,36)(H,34,38). The number of carbonyl (C=O) groups excluding carboxylic acids is 3. The molecule has 0 saturated heterocycles. The SMILES string of the molecule is C#Cc1ccc(C(C(=O)NC2CCCCC2)N(CCCCC)C(=O)C(NC(=O)OC(C)(C)C)C(C)CC)cc1. The van der Waals surface area contributed by atoms with Crippen molar-refractivity contribution in [3.63, 3.8) is 0 Å². The van der Waals surface area contributed by atoms with Gasteiger partial charge in [0.25, 0.3) is 0 Å². The zero-order valence-corrected chi connectivity index (χ0v) is 24.8. The van der Waals surface area contributed by atoms with Gasteiger partial charge in [0.1, 0.15) is 17.7 Å². The fourth-order valence-electron chi connectivity index (χ4n) is 4.96. The van der Waals surface area contributed by atoms with Crippen LogP contribution in [0.1, 0.15) is 116 Å². The van der Waals surface area contributed by atoms with E-state index in [9.17, 15) is 14.4 Å². The van der Waals surface area contributed by atoms with Crippen LogP contribution in [-0.4, -0.2) is 47.0 Å². The number of ether oxygens (including phenoxy) is 1. The van der Waals surface area contributed by atoms with Gasteiger partial charge in [0.2, 0.25) is 11.8 Å². The van der Waals surface area contributed by atoms with Crippen LogP contribution in [0.15, 0.2) is 24.3 Å². The smallest absolute Gasteiger partial charge is 0.408 e. The normalized spacial score (nSPS) is 16.3. The van der Waals surface area contributed by atoms with Crippen LogP contribution in [0.25, 0.3) is 0 Å². The zero-order chi connectivity index (χ0) is 29.0. The van der Waals surface area contributed by atoms with Crippen LogP contribution in [0.3, 0.4) is 0 Å². The number of unbranched alkanes of at least 4 members (excludes halogenated alkanes) is 2. The van der Waals surface area contributed by atoms with Crippen molar-refractivity contribution in [2.45, 2.75) is 123 Å². The van der Waals surface area contributed by atoms with Crippen molar-refractivity contribution in [2.75, 3.05) is 6.54 Å². The lowest BCUT2D eigenvalue weighted by Gasteiger charge is -2.37. The van der Waals surface area contributed by atoms with Crippen molar-refractivity contribution >= 4 is 17.9 Å². The molecule has 0 aromatic heterocycles. The summed E-state index contributed by atoms with van der Waals surface area (Å²) in [7, 11) is 0. The molecule has 216 valence electrons. The molecule has 39 heavy (non-hydrogen) atoms. The number of hydrogen-bond donors (Lipinski definition) is 2. The topological polar surface area (TPSA) is 87.7 Å². The number of hydrogen-bond acceptors (Lipinski definition) is 4. The minimum absolute atomic E-state index is 0.0941. The first-order valence-electron chi connectivity index (χ1n) is 14.7. The van der Waals surface area contributed by atoms with Crippen LogP contribution in [0.4, 0.5) is 4.79 Å². The van der Waals surface area contributed by atoms with E-state index in [0.717, 1.165) is 44.9 Å². The second kappa shape index (κ2) is 15.5. The van der Waals surface area contributed by atoms with Crippen molar-refractivity contribution in [3.05, 3.63) is 35.4 Å². The summed E-state index contributed by atoms with van der Waals surface area (Å²) >= 11 is 0. The molecular formula is C32H49N3O4. The fourth-order valence-corrected chi connectivity index (χ4v) is 4.96. The Bertz CT molecular complexity index is 971. The summed E-state index contributed by atoms with van der Waals surface area (Å²) in [4.78, 5) is 42.7. The lowest BCUT2D eigenvalue weighted by Crippen LogP contribution is -2.56. The van der Waals surface area contributed by atoms with E-state index in [1.165, 1.54) is 6.42 Å². The maximum Gasteiger partial charge on any atom is 0.408 e. The molecule has 0 spiro atoms. The molecule has 1 aromatic rings. The molecular weight excluding hydrogens is 490 g/mol. The molecule has 1 fully saturated rings. The minimum Gasteiger partial charge on any atom is -0.444 e. The number of carbonyl (C=O) groups is 3. The largest absolute Gasteiger partial charge is 0.444 e. The molecule has 7 nitrogen and oxygen atoms in total. The number of terminal acetylenes is 1. The molecule has 2 N–H and O–H groups in total. The van der Waals surface area contributed by atoms with Gasteiger partial charge in [0, 0.05) is 18.2 Å². The van der Waals surface area contributed by atoms with Crippen molar-refractivity contribution in [2.24, 2.45) is 5.92 Å². The van der Waals surface area contributed by atoms with Gasteiger partial charge in [0.05, 0.1) is 0 Å². The Labute approximate surface area is 235 Å². The number of rotatable bonds is 12. The molecule has 1 aromatic carbocycles. The molecule has 0 radical (unpaired) electrons. The first-order valence-corrected chi connectivity index (χ1v) is 14.7. The van der Waals surface area contributed by atoms with Gasteiger partial charge in [-0.15, -0.1) is 6.42 Å². The molecule has 3 unspecified atom stereocenters. The van der Waals surface area contributed by atoms with E-state index in [0.29, 0.717) is 24.1 Å². The molecule has 3 atom stereocenters. The van der Waals surface area contributed by atoms with Crippen LogP contribution in [0, 0.1) is 18.3 Å². The van der Waals surface area contributed by atoms with E-state index < -0.39 is 23.8 Å². The van der Waals surface area contributed by atoms with Gasteiger partial charge in [-0.05, 0) is 63.6 Å². The van der Waals surface area contributed by atoms with Crippen LogP contribution in [0.5, 0.6) is 0 Å². The predicted octanol–water partition coefficient (Wildman–Crippen LogP) is 6.12. The summed E-state index contributed by atoms with van der Waals surface area (Å²) in [5.41, 5.74) is 0.709. The summed E-state index contributed by atoms with van der Waals surface area (Å²) in [5, 5.41) is 6.07. The first-order chi connectivity index (χ1) is 18.5. The fraction of sp³-hybridized carbons (Fsp3) is 0.656. The highest BCUT2D eigenvalue weighted by Gasteiger charge is 2.38. The molecule has 1 saturated carbocycles. The number of amides is 3. The summed E-state index contributed by atoms with van der Waals surface area (Å²) in [6.45, 7) is 11.8. The van der Waals surface area contributed by atoms with E-state index in [1.807, 2.05) is 26.0 Å². The maximum absolute atomic E-state index is 14.3. The van der Waals surface area contributed by atoms with Gasteiger partial charge in [-0.25, -0.2) is 4.79 Å². The Morgan fingerprint density at radius 2 is 1.72 bits per heavy atom. The van der Waals surface area contributed by atoms with Crippen molar-refractivity contribution < 1.29 is 19.1 Å². The average Bonchev–Trinajstić information content (AvgIpc) is 2.90. The number of benzene rings is 1. The van der Waals surface area contributed by atoms with Gasteiger partial charge in [-0.3, -0.25) is 9.59 Å². The van der Waals surface area contributed by atoms with E-state index in [-0.39, 0.29) is 23.8 Å². The minimum atomic E-state index is -0.838. The molecule has 0 heterocycles. The Kier molecular flexibility index (Phi) is 12.8. The Hall–Kier alpha value is -3.01. The first kappa shape index (κ1) is 32.2. The monoisotopic (exact) mass is 539 g/mol. The van der Waals surface area contributed by atoms with Gasteiger partial charge >= 0.3 is 6.09 Å². The van der Waals surface area contributed by atoms with Gasteiger partial charge < -0.3 is 20.3 Å². The third kappa shape index (κ3) is 10.2. The van der Waals surface area contributed by atoms with Crippen molar-refractivity contribution in [1.82, 2.24) is 15.5 Å². The Balaban J connectivity index is 2.49. The molecule has 0 bridgehead atoms. The van der Waals surface area contributed by atoms with Crippen LogP contribution < -0.4 is 10.6 Å². The van der Waals surface area contributed by atoms with Gasteiger partial charge in [0.15, 0.2) is 0 Å². The summed E-state index contributed by atoms with van der Waals surface area (Å²) in [6.07, 6.45) is 13.5. The van der Waals surface area contributed by atoms with E-state index in [4.69, 9.17) is 11.2 Å². The Morgan fingerprint density at radius 3 is 2.26 bits per heavy atom. The van der Waals surface area contributed by atoms with Crippen molar-refractivity contribution in [3.8, 4) is 12.3 Å². The highest BCUT2D eigenvalue weighted by Crippen LogP contribution is 2.27. The summed E-state index contributed by atoms with van der Waals surface area (Å²) in [5.74, 6) is 1.98. The highest BCUT2D eigenvalue weighted by atomic mass is 16.6. The second-order valence-electron chi connectivity index (χ2n) is 11.8. The quantitative estimate of drug-likeness (QED) is 0.248. The molecule has 1 aliphatic rings. The lowest BCUT2D eigenvalue weighted by atomic mass is 9.93. The highest BCUT2D eigenvalue weighted by molar-refractivity contribution is 5.92. The van der Waals surface area contributed by atoms with Crippen LogP contribution in [0.2, 0.25) is 0 Å². The number of alkyl carbamates (subject to hydrolysis) is 1. The lowest BCUT2D eigenvalue weighted by molar-refractivity contribution is -0.144. The van der Waals surface area contributed by atoms with Crippen LogP contribution in [-0.2, 0) is 14.3 Å². The van der Waals surface area contributed by atoms with E-state index in [2.05, 4.69) is 23.5 Å². The summed E-state index contributed by atoms with van der Waals surface area (Å²) < 4.78 is 5.49. The summed E-state index contributed by atoms with van der Waals surface area (Å²) in [6, 6.07) is 5.69.